The number of amides is 1. The van der Waals surface area contributed by atoms with Crippen LogP contribution in [0, 0.1) is 11.8 Å². The van der Waals surface area contributed by atoms with Crippen LogP contribution < -0.4 is 5.32 Å². The van der Waals surface area contributed by atoms with Crippen molar-refractivity contribution in [3.63, 3.8) is 0 Å². The van der Waals surface area contributed by atoms with Gasteiger partial charge in [-0.3, -0.25) is 9.69 Å². The molecular weight excluding hydrogens is 242 g/mol. The molecule has 2 aliphatic heterocycles. The van der Waals surface area contributed by atoms with Gasteiger partial charge in [-0.2, -0.15) is 0 Å². The molecule has 1 atom stereocenters. The lowest BCUT2D eigenvalue weighted by molar-refractivity contribution is -0.137. The molecule has 1 N–H and O–H groups in total. The van der Waals surface area contributed by atoms with Crippen molar-refractivity contribution in [1.82, 2.24) is 15.1 Å². The molecule has 0 aromatic carbocycles. The molecule has 2 aliphatic rings. The van der Waals surface area contributed by atoms with E-state index in [0.717, 1.165) is 58.8 Å². The normalized spacial score (nSPS) is 23.8. The minimum Gasteiger partial charge on any atom is -0.383 e. The average molecular weight is 269 g/mol. The van der Waals surface area contributed by atoms with Crippen molar-refractivity contribution in [3.05, 3.63) is 0 Å². The van der Waals surface area contributed by atoms with Gasteiger partial charge in [-0.15, -0.1) is 0 Å². The summed E-state index contributed by atoms with van der Waals surface area (Å²) in [7, 11) is 1.74. The largest absolute Gasteiger partial charge is 0.383 e. The van der Waals surface area contributed by atoms with Gasteiger partial charge in [0.05, 0.1) is 6.61 Å². The van der Waals surface area contributed by atoms with Crippen LogP contribution in [0.15, 0.2) is 0 Å². The summed E-state index contributed by atoms with van der Waals surface area (Å²) < 4.78 is 5.12. The van der Waals surface area contributed by atoms with E-state index in [0.29, 0.717) is 11.8 Å². The summed E-state index contributed by atoms with van der Waals surface area (Å²) in [6, 6.07) is 0. The standard InChI is InChI=1S/C14H27N3O2/c1-12(13-10-15-11-13)14(18)17-5-3-4-16(6-7-17)8-9-19-2/h12-13,15H,3-11H2,1-2H3. The van der Waals surface area contributed by atoms with Gasteiger partial charge in [0, 0.05) is 39.2 Å². The van der Waals surface area contributed by atoms with Crippen molar-refractivity contribution < 1.29 is 9.53 Å². The van der Waals surface area contributed by atoms with E-state index in [2.05, 4.69) is 22.0 Å². The van der Waals surface area contributed by atoms with Gasteiger partial charge >= 0.3 is 0 Å². The molecule has 2 rings (SSSR count). The third kappa shape index (κ3) is 3.91. The summed E-state index contributed by atoms with van der Waals surface area (Å²) in [6.07, 6.45) is 1.07. The van der Waals surface area contributed by atoms with Crippen molar-refractivity contribution in [2.24, 2.45) is 11.8 Å². The quantitative estimate of drug-likeness (QED) is 0.764. The van der Waals surface area contributed by atoms with Gasteiger partial charge in [0.1, 0.15) is 0 Å². The third-order valence-electron chi connectivity index (χ3n) is 4.42. The molecule has 0 aromatic heterocycles. The topological polar surface area (TPSA) is 44.8 Å². The molecule has 0 radical (unpaired) electrons. The molecule has 110 valence electrons. The number of rotatable bonds is 5. The second-order valence-electron chi connectivity index (χ2n) is 5.72. The van der Waals surface area contributed by atoms with Gasteiger partial charge in [0.25, 0.3) is 0 Å². The maximum atomic E-state index is 12.5. The zero-order valence-electron chi connectivity index (χ0n) is 12.2. The van der Waals surface area contributed by atoms with E-state index in [1.54, 1.807) is 7.11 Å². The smallest absolute Gasteiger partial charge is 0.225 e. The lowest BCUT2D eigenvalue weighted by atomic mass is 9.88. The third-order valence-corrected chi connectivity index (χ3v) is 4.42. The molecule has 0 aromatic rings. The molecule has 0 bridgehead atoms. The molecule has 0 aliphatic carbocycles. The molecule has 2 fully saturated rings. The predicted octanol–water partition coefficient (Wildman–Crippen LogP) is 0.0226. The first-order valence-corrected chi connectivity index (χ1v) is 7.43. The van der Waals surface area contributed by atoms with E-state index in [1.165, 1.54) is 0 Å². The molecule has 5 heteroatoms. The number of carbonyl (C=O) groups is 1. The van der Waals surface area contributed by atoms with Gasteiger partial charge < -0.3 is 15.0 Å². The van der Waals surface area contributed by atoms with Crippen molar-refractivity contribution >= 4 is 5.91 Å². The summed E-state index contributed by atoms with van der Waals surface area (Å²) >= 11 is 0. The molecule has 2 saturated heterocycles. The number of hydrogen-bond donors (Lipinski definition) is 1. The van der Waals surface area contributed by atoms with Crippen LogP contribution in [0.3, 0.4) is 0 Å². The fourth-order valence-electron chi connectivity index (χ4n) is 2.79. The zero-order valence-corrected chi connectivity index (χ0v) is 12.2. The summed E-state index contributed by atoms with van der Waals surface area (Å²) in [5.74, 6) is 1.06. The summed E-state index contributed by atoms with van der Waals surface area (Å²) in [5.41, 5.74) is 0. The summed E-state index contributed by atoms with van der Waals surface area (Å²) in [5, 5.41) is 3.25. The summed E-state index contributed by atoms with van der Waals surface area (Å²) in [4.78, 5) is 16.9. The second kappa shape index (κ2) is 7.22. The molecule has 1 amide bonds. The van der Waals surface area contributed by atoms with Crippen LogP contribution in [0.25, 0.3) is 0 Å². The van der Waals surface area contributed by atoms with Gasteiger partial charge in [0.15, 0.2) is 0 Å². The Morgan fingerprint density at radius 3 is 2.74 bits per heavy atom. The molecule has 0 spiro atoms. The Morgan fingerprint density at radius 1 is 1.32 bits per heavy atom. The van der Waals surface area contributed by atoms with Crippen molar-refractivity contribution in [1.29, 1.82) is 0 Å². The highest BCUT2D eigenvalue weighted by atomic mass is 16.5. The SMILES string of the molecule is COCCN1CCCN(C(=O)C(C)C2CNC2)CC1. The molecule has 0 saturated carbocycles. The first-order valence-electron chi connectivity index (χ1n) is 7.43. The van der Waals surface area contributed by atoms with Crippen LogP contribution in [0.4, 0.5) is 0 Å². The van der Waals surface area contributed by atoms with Gasteiger partial charge in [0.2, 0.25) is 5.91 Å². The molecule has 5 nitrogen and oxygen atoms in total. The first-order chi connectivity index (χ1) is 9.22. The highest BCUT2D eigenvalue weighted by Crippen LogP contribution is 2.19. The van der Waals surface area contributed by atoms with E-state index in [4.69, 9.17) is 4.74 Å². The van der Waals surface area contributed by atoms with Crippen LogP contribution in [-0.2, 0) is 9.53 Å². The highest BCUT2D eigenvalue weighted by molar-refractivity contribution is 5.79. The van der Waals surface area contributed by atoms with Crippen molar-refractivity contribution in [2.45, 2.75) is 13.3 Å². The van der Waals surface area contributed by atoms with E-state index < -0.39 is 0 Å². The molecule has 1 unspecified atom stereocenters. The van der Waals surface area contributed by atoms with Gasteiger partial charge in [-0.25, -0.2) is 0 Å². The number of carbonyl (C=O) groups excluding carboxylic acids is 1. The molecular formula is C14H27N3O2. The van der Waals surface area contributed by atoms with E-state index in [9.17, 15) is 4.79 Å². The first kappa shape index (κ1) is 14.8. The van der Waals surface area contributed by atoms with Crippen LogP contribution >= 0.6 is 0 Å². The Labute approximate surface area is 116 Å². The van der Waals surface area contributed by atoms with E-state index in [1.807, 2.05) is 0 Å². The van der Waals surface area contributed by atoms with Crippen LogP contribution in [0.5, 0.6) is 0 Å². The Balaban J connectivity index is 1.79. The summed E-state index contributed by atoms with van der Waals surface area (Å²) in [6.45, 7) is 9.67. The highest BCUT2D eigenvalue weighted by Gasteiger charge is 2.32. The predicted molar refractivity (Wildman–Crippen MR) is 75.0 cm³/mol. The lowest BCUT2D eigenvalue weighted by Crippen LogP contribution is -2.50. The van der Waals surface area contributed by atoms with Crippen molar-refractivity contribution in [3.8, 4) is 0 Å². The Bertz CT molecular complexity index is 294. The minimum absolute atomic E-state index is 0.173. The average Bonchev–Trinajstić information content (AvgIpc) is 2.58. The molecule has 19 heavy (non-hydrogen) atoms. The number of ether oxygens (including phenoxy) is 1. The number of nitrogens with one attached hydrogen (secondary N) is 1. The zero-order chi connectivity index (χ0) is 13.7. The van der Waals surface area contributed by atoms with Gasteiger partial charge in [-0.05, 0) is 32.0 Å². The number of nitrogens with zero attached hydrogens (tertiary/aromatic N) is 2. The van der Waals surface area contributed by atoms with E-state index in [-0.39, 0.29) is 5.92 Å². The second-order valence-corrected chi connectivity index (χ2v) is 5.72. The number of methoxy groups -OCH3 is 1. The minimum atomic E-state index is 0.173. The Kier molecular flexibility index (Phi) is 5.60. The van der Waals surface area contributed by atoms with Gasteiger partial charge in [-0.1, -0.05) is 6.92 Å². The van der Waals surface area contributed by atoms with Crippen LogP contribution in [-0.4, -0.2) is 75.2 Å². The lowest BCUT2D eigenvalue weighted by Gasteiger charge is -2.34. The van der Waals surface area contributed by atoms with E-state index >= 15 is 0 Å². The maximum absolute atomic E-state index is 12.5. The fourth-order valence-corrected chi connectivity index (χ4v) is 2.79. The Morgan fingerprint density at radius 2 is 2.11 bits per heavy atom. The van der Waals surface area contributed by atoms with Crippen molar-refractivity contribution in [2.75, 3.05) is 59.5 Å². The fraction of sp³-hybridized carbons (Fsp3) is 0.929. The Hall–Kier alpha value is -0.650. The van der Waals surface area contributed by atoms with Crippen LogP contribution in [0.2, 0.25) is 0 Å². The monoisotopic (exact) mass is 269 g/mol. The number of hydrogen-bond acceptors (Lipinski definition) is 4. The molecule has 2 heterocycles. The maximum Gasteiger partial charge on any atom is 0.225 e. The van der Waals surface area contributed by atoms with Crippen LogP contribution in [0.1, 0.15) is 13.3 Å².